The second kappa shape index (κ2) is 8.21. The molecule has 2 amide bonds. The first-order chi connectivity index (χ1) is 15.9. The highest BCUT2D eigenvalue weighted by Gasteiger charge is 2.59. The third-order valence-electron chi connectivity index (χ3n) is 7.49. The van der Waals surface area contributed by atoms with Gasteiger partial charge in [0.2, 0.25) is 5.91 Å². The van der Waals surface area contributed by atoms with Gasteiger partial charge in [-0.3, -0.25) is 9.59 Å². The molecule has 33 heavy (non-hydrogen) atoms. The molecule has 1 aliphatic heterocycles. The first-order valence-corrected chi connectivity index (χ1v) is 11.6. The zero-order valence-electron chi connectivity index (χ0n) is 18.6. The highest BCUT2D eigenvalue weighted by atomic mass is 16.5. The van der Waals surface area contributed by atoms with Crippen molar-refractivity contribution in [3.8, 4) is 11.1 Å². The Morgan fingerprint density at radius 1 is 1.09 bits per heavy atom. The van der Waals surface area contributed by atoms with Crippen molar-refractivity contribution in [1.82, 2.24) is 10.2 Å². The predicted molar refractivity (Wildman–Crippen MR) is 122 cm³/mol. The van der Waals surface area contributed by atoms with E-state index in [-0.39, 0.29) is 30.4 Å². The van der Waals surface area contributed by atoms with E-state index in [4.69, 9.17) is 4.74 Å². The molecule has 2 fully saturated rings. The number of carbonyl (C=O) groups excluding carboxylic acids is 2. The number of likely N-dealkylation sites (tertiary alicyclic amines) is 1. The van der Waals surface area contributed by atoms with E-state index in [1.165, 1.54) is 0 Å². The van der Waals surface area contributed by atoms with Crippen LogP contribution in [0.2, 0.25) is 0 Å². The Morgan fingerprint density at radius 2 is 1.70 bits per heavy atom. The van der Waals surface area contributed by atoms with Crippen LogP contribution >= 0.6 is 0 Å². The third-order valence-corrected chi connectivity index (χ3v) is 7.49. The second-order valence-electron chi connectivity index (χ2n) is 9.40. The molecule has 0 aromatic heterocycles. The number of carboxylic acids is 1. The monoisotopic (exact) mass is 448 g/mol. The molecule has 1 saturated carbocycles. The Morgan fingerprint density at radius 3 is 2.21 bits per heavy atom. The number of nitrogens with one attached hydrogen (secondary N) is 1. The average molecular weight is 449 g/mol. The number of amides is 2. The Hall–Kier alpha value is -3.35. The lowest BCUT2D eigenvalue weighted by atomic mass is 9.93. The normalized spacial score (nSPS) is 20.8. The van der Waals surface area contributed by atoms with E-state index in [2.05, 4.69) is 29.6 Å². The van der Waals surface area contributed by atoms with Crippen LogP contribution in [-0.4, -0.2) is 53.7 Å². The van der Waals surface area contributed by atoms with Gasteiger partial charge in [0.25, 0.3) is 0 Å². The number of benzene rings is 2. The van der Waals surface area contributed by atoms with Gasteiger partial charge in [0.15, 0.2) is 0 Å². The Labute approximate surface area is 192 Å². The minimum Gasteiger partial charge on any atom is -0.481 e. The molecule has 1 spiro atoms. The standard InChI is InChI=1S/C26H28N2O5/c1-2-22(23(29)28-13-21(24(30)31)26(15-28)11-12-26)27-25(32)33-14-20-18-9-5-3-7-16(18)17-8-4-6-10-19(17)20/h3-10,20-22H,2,11-15H2,1H3,(H,27,32)(H,30,31)/t21?,22-/m1/s1. The van der Waals surface area contributed by atoms with Crippen LogP contribution in [-0.2, 0) is 14.3 Å². The molecular formula is C26H28N2O5. The Kier molecular flexibility index (Phi) is 5.35. The van der Waals surface area contributed by atoms with Gasteiger partial charge >= 0.3 is 12.1 Å². The number of hydrogen-bond acceptors (Lipinski definition) is 4. The Bertz CT molecular complexity index is 1060. The molecular weight excluding hydrogens is 420 g/mol. The summed E-state index contributed by atoms with van der Waals surface area (Å²) in [5.74, 6) is -1.65. The van der Waals surface area contributed by atoms with Crippen molar-refractivity contribution in [2.75, 3.05) is 19.7 Å². The maximum Gasteiger partial charge on any atom is 0.407 e. The molecule has 3 aliphatic rings. The summed E-state index contributed by atoms with van der Waals surface area (Å²) in [6, 6.07) is 15.5. The van der Waals surface area contributed by atoms with Crippen LogP contribution in [0.4, 0.5) is 4.79 Å². The fourth-order valence-corrected chi connectivity index (χ4v) is 5.49. The van der Waals surface area contributed by atoms with Crippen LogP contribution < -0.4 is 5.32 Å². The largest absolute Gasteiger partial charge is 0.481 e. The van der Waals surface area contributed by atoms with Gasteiger partial charge in [-0.1, -0.05) is 55.5 Å². The highest BCUT2D eigenvalue weighted by Crippen LogP contribution is 2.56. The molecule has 0 bridgehead atoms. The van der Waals surface area contributed by atoms with Crippen LogP contribution in [0.3, 0.4) is 0 Å². The molecule has 2 aromatic carbocycles. The lowest BCUT2D eigenvalue weighted by Gasteiger charge is -2.24. The summed E-state index contributed by atoms with van der Waals surface area (Å²) in [7, 11) is 0. The van der Waals surface area contributed by atoms with Crippen LogP contribution in [0, 0.1) is 11.3 Å². The molecule has 0 radical (unpaired) electrons. The van der Waals surface area contributed by atoms with Gasteiger partial charge in [0, 0.05) is 24.4 Å². The summed E-state index contributed by atoms with van der Waals surface area (Å²) < 4.78 is 5.58. The van der Waals surface area contributed by atoms with E-state index in [1.807, 2.05) is 31.2 Å². The summed E-state index contributed by atoms with van der Waals surface area (Å²) in [6.07, 6.45) is 1.45. The van der Waals surface area contributed by atoms with E-state index >= 15 is 0 Å². The molecule has 7 nitrogen and oxygen atoms in total. The fourth-order valence-electron chi connectivity index (χ4n) is 5.49. The zero-order valence-corrected chi connectivity index (χ0v) is 18.6. The first kappa shape index (κ1) is 21.5. The summed E-state index contributed by atoms with van der Waals surface area (Å²) >= 11 is 0. The average Bonchev–Trinajstić information content (AvgIpc) is 3.37. The van der Waals surface area contributed by atoms with Gasteiger partial charge in [0.05, 0.1) is 5.92 Å². The van der Waals surface area contributed by atoms with Gasteiger partial charge in [0.1, 0.15) is 12.6 Å². The van der Waals surface area contributed by atoms with Gasteiger partial charge in [-0.2, -0.15) is 0 Å². The summed E-state index contributed by atoms with van der Waals surface area (Å²) in [5.41, 5.74) is 4.28. The summed E-state index contributed by atoms with van der Waals surface area (Å²) in [5, 5.41) is 12.2. The molecule has 5 rings (SSSR count). The summed E-state index contributed by atoms with van der Waals surface area (Å²) in [6.45, 7) is 2.66. The van der Waals surface area contributed by atoms with Crippen molar-refractivity contribution in [2.45, 2.75) is 38.1 Å². The predicted octanol–water partition coefficient (Wildman–Crippen LogP) is 3.63. The van der Waals surface area contributed by atoms with Gasteiger partial charge < -0.3 is 20.1 Å². The molecule has 2 N–H and O–H groups in total. The van der Waals surface area contributed by atoms with Crippen LogP contribution in [0.5, 0.6) is 0 Å². The van der Waals surface area contributed by atoms with Gasteiger partial charge in [-0.25, -0.2) is 4.79 Å². The highest BCUT2D eigenvalue weighted by molar-refractivity contribution is 5.87. The lowest BCUT2D eigenvalue weighted by molar-refractivity contribution is -0.143. The quantitative estimate of drug-likeness (QED) is 0.704. The number of hydrogen-bond donors (Lipinski definition) is 2. The number of carbonyl (C=O) groups is 3. The number of fused-ring (bicyclic) bond motifs is 3. The van der Waals surface area contributed by atoms with E-state index < -0.39 is 24.0 Å². The number of ether oxygens (including phenoxy) is 1. The molecule has 2 aromatic rings. The van der Waals surface area contributed by atoms with Gasteiger partial charge in [-0.05, 0) is 41.5 Å². The number of alkyl carbamates (subject to hydrolysis) is 1. The molecule has 1 heterocycles. The molecule has 1 unspecified atom stereocenters. The van der Waals surface area contributed by atoms with Crippen molar-refractivity contribution < 1.29 is 24.2 Å². The minimum atomic E-state index is -0.847. The maximum absolute atomic E-state index is 13.0. The number of carboxylic acid groups (broad SMARTS) is 1. The number of nitrogens with zero attached hydrogens (tertiary/aromatic N) is 1. The maximum atomic E-state index is 13.0. The molecule has 1 saturated heterocycles. The van der Waals surface area contributed by atoms with E-state index in [0.717, 1.165) is 35.1 Å². The van der Waals surface area contributed by atoms with Crippen molar-refractivity contribution in [3.63, 3.8) is 0 Å². The molecule has 7 heteroatoms. The lowest BCUT2D eigenvalue weighted by Crippen LogP contribution is -2.48. The van der Waals surface area contributed by atoms with Gasteiger partial charge in [-0.15, -0.1) is 0 Å². The van der Waals surface area contributed by atoms with E-state index in [1.54, 1.807) is 4.90 Å². The topological polar surface area (TPSA) is 95.9 Å². The molecule has 2 aliphatic carbocycles. The molecule has 172 valence electrons. The minimum absolute atomic E-state index is 0.0523. The van der Waals surface area contributed by atoms with Crippen molar-refractivity contribution in [1.29, 1.82) is 0 Å². The third kappa shape index (κ3) is 3.75. The van der Waals surface area contributed by atoms with Crippen LogP contribution in [0.25, 0.3) is 11.1 Å². The first-order valence-electron chi connectivity index (χ1n) is 11.6. The van der Waals surface area contributed by atoms with Crippen LogP contribution in [0.1, 0.15) is 43.2 Å². The summed E-state index contributed by atoms with van der Waals surface area (Å²) in [4.78, 5) is 38.9. The van der Waals surface area contributed by atoms with Crippen LogP contribution in [0.15, 0.2) is 48.5 Å². The van der Waals surface area contributed by atoms with E-state index in [0.29, 0.717) is 13.0 Å². The second-order valence-corrected chi connectivity index (χ2v) is 9.40. The SMILES string of the molecule is CC[C@@H](NC(=O)OCC1c2ccccc2-c2ccccc21)C(=O)N1CC(C(=O)O)C2(CC2)C1. The molecule has 2 atom stereocenters. The zero-order chi connectivity index (χ0) is 23.2. The van der Waals surface area contributed by atoms with E-state index in [9.17, 15) is 19.5 Å². The number of aliphatic carboxylic acids is 1. The fraction of sp³-hybridized carbons (Fsp3) is 0.423. The van der Waals surface area contributed by atoms with Crippen molar-refractivity contribution in [3.05, 3.63) is 59.7 Å². The number of rotatable bonds is 6. The van der Waals surface area contributed by atoms with Crippen molar-refractivity contribution >= 4 is 18.0 Å². The van der Waals surface area contributed by atoms with Crippen molar-refractivity contribution in [2.24, 2.45) is 11.3 Å². The smallest absolute Gasteiger partial charge is 0.407 e. The Balaban J connectivity index is 1.22.